The molecule has 0 bridgehead atoms. The summed E-state index contributed by atoms with van der Waals surface area (Å²) < 4.78 is 16.3. The number of benzene rings is 2. The summed E-state index contributed by atoms with van der Waals surface area (Å²) in [5, 5.41) is 3.18. The maximum atomic E-state index is 13.8. The van der Waals surface area contributed by atoms with E-state index >= 15 is 0 Å². The minimum atomic E-state index is -0.945. The number of methoxy groups -OCH3 is 2. The molecule has 178 valence electrons. The third-order valence-corrected chi connectivity index (χ3v) is 6.26. The van der Waals surface area contributed by atoms with Crippen molar-refractivity contribution in [2.45, 2.75) is 44.7 Å². The molecule has 1 aromatic heterocycles. The van der Waals surface area contributed by atoms with Crippen molar-refractivity contribution < 1.29 is 23.5 Å². The molecule has 0 radical (unpaired) electrons. The molecular weight excluding hydrogens is 432 g/mol. The first-order valence-electron chi connectivity index (χ1n) is 11.5. The normalized spacial score (nSPS) is 14.4. The molecule has 34 heavy (non-hydrogen) atoms. The van der Waals surface area contributed by atoms with Crippen molar-refractivity contribution in [1.82, 2.24) is 5.32 Å². The molecule has 7 heteroatoms. The molecule has 1 heterocycles. The lowest BCUT2D eigenvalue weighted by Gasteiger charge is -2.33. The van der Waals surface area contributed by atoms with Crippen molar-refractivity contribution in [3.63, 3.8) is 0 Å². The van der Waals surface area contributed by atoms with E-state index in [2.05, 4.69) is 5.32 Å². The average molecular weight is 463 g/mol. The lowest BCUT2D eigenvalue weighted by atomic mass is 10.00. The summed E-state index contributed by atoms with van der Waals surface area (Å²) in [4.78, 5) is 29.1. The number of ether oxygens (including phenoxy) is 2. The SMILES string of the molecule is COc1ccc([C@@H](C(=O)NC2CCCC2)N(C(=O)c2ccco2)c2ccccc2C)cc1OC. The number of para-hydroxylation sites is 1. The molecule has 1 N–H and O–H groups in total. The number of furan rings is 1. The van der Waals surface area contributed by atoms with E-state index in [0.717, 1.165) is 31.2 Å². The highest BCUT2D eigenvalue weighted by atomic mass is 16.5. The van der Waals surface area contributed by atoms with Gasteiger partial charge in [-0.2, -0.15) is 0 Å². The van der Waals surface area contributed by atoms with Crippen LogP contribution in [0.15, 0.2) is 65.3 Å². The molecule has 7 nitrogen and oxygen atoms in total. The van der Waals surface area contributed by atoms with Crippen LogP contribution in [0.25, 0.3) is 0 Å². The van der Waals surface area contributed by atoms with E-state index in [1.807, 2.05) is 31.2 Å². The highest BCUT2D eigenvalue weighted by molar-refractivity contribution is 6.09. The molecule has 2 aromatic carbocycles. The fourth-order valence-electron chi connectivity index (χ4n) is 4.51. The zero-order chi connectivity index (χ0) is 24.1. The average Bonchev–Trinajstić information content (AvgIpc) is 3.57. The van der Waals surface area contributed by atoms with Gasteiger partial charge in [-0.05, 0) is 61.2 Å². The Kier molecular flexibility index (Phi) is 7.21. The monoisotopic (exact) mass is 462 g/mol. The molecule has 0 saturated heterocycles. The van der Waals surface area contributed by atoms with Gasteiger partial charge in [0.15, 0.2) is 17.3 Å². The number of nitrogens with zero attached hydrogens (tertiary/aromatic N) is 1. The largest absolute Gasteiger partial charge is 0.493 e. The van der Waals surface area contributed by atoms with Crippen LogP contribution < -0.4 is 19.7 Å². The number of anilines is 1. The van der Waals surface area contributed by atoms with Crippen LogP contribution in [0.2, 0.25) is 0 Å². The summed E-state index contributed by atoms with van der Waals surface area (Å²) in [7, 11) is 3.10. The van der Waals surface area contributed by atoms with Gasteiger partial charge < -0.3 is 19.2 Å². The van der Waals surface area contributed by atoms with Crippen LogP contribution in [0.1, 0.15) is 53.4 Å². The van der Waals surface area contributed by atoms with Gasteiger partial charge in [-0.15, -0.1) is 0 Å². The molecular formula is C27H30N2O5. The van der Waals surface area contributed by atoms with Gasteiger partial charge in [0.2, 0.25) is 5.91 Å². The predicted octanol–water partition coefficient (Wildman–Crippen LogP) is 5.05. The molecule has 2 amide bonds. The highest BCUT2D eigenvalue weighted by Gasteiger charge is 2.36. The van der Waals surface area contributed by atoms with Gasteiger partial charge in [-0.25, -0.2) is 0 Å². The lowest BCUT2D eigenvalue weighted by Crippen LogP contribution is -2.46. The Balaban J connectivity index is 1.86. The molecule has 1 atom stereocenters. The van der Waals surface area contributed by atoms with Crippen molar-refractivity contribution in [1.29, 1.82) is 0 Å². The zero-order valence-electron chi connectivity index (χ0n) is 19.7. The maximum Gasteiger partial charge on any atom is 0.294 e. The summed E-state index contributed by atoms with van der Waals surface area (Å²) in [5.41, 5.74) is 2.10. The molecule has 1 aliphatic carbocycles. The van der Waals surface area contributed by atoms with E-state index in [9.17, 15) is 9.59 Å². The number of hydrogen-bond donors (Lipinski definition) is 1. The predicted molar refractivity (Wildman–Crippen MR) is 129 cm³/mol. The molecule has 0 spiro atoms. The van der Waals surface area contributed by atoms with E-state index in [1.54, 1.807) is 44.6 Å². The Morgan fingerprint density at radius 2 is 1.74 bits per heavy atom. The number of hydrogen-bond acceptors (Lipinski definition) is 5. The number of nitrogens with one attached hydrogen (secondary N) is 1. The minimum Gasteiger partial charge on any atom is -0.493 e. The number of rotatable bonds is 8. The van der Waals surface area contributed by atoms with Gasteiger partial charge in [0.1, 0.15) is 6.04 Å². The summed E-state index contributed by atoms with van der Waals surface area (Å²) in [6.45, 7) is 1.91. The first-order chi connectivity index (χ1) is 16.5. The van der Waals surface area contributed by atoms with Crippen LogP contribution in [0.5, 0.6) is 11.5 Å². The maximum absolute atomic E-state index is 13.8. The Bertz CT molecular complexity index is 1140. The molecule has 1 fully saturated rings. The fourth-order valence-corrected chi connectivity index (χ4v) is 4.51. The summed E-state index contributed by atoms with van der Waals surface area (Å²) in [6.07, 6.45) is 5.48. The van der Waals surface area contributed by atoms with Crippen molar-refractivity contribution in [2.24, 2.45) is 0 Å². The van der Waals surface area contributed by atoms with Crippen molar-refractivity contribution >= 4 is 17.5 Å². The lowest BCUT2D eigenvalue weighted by molar-refractivity contribution is -0.123. The standard InChI is InChI=1S/C27H30N2O5/c1-18-9-4-7-12-21(18)29(27(31)23-13-8-16-34-23)25(26(30)28-20-10-5-6-11-20)19-14-15-22(32-2)24(17-19)33-3/h4,7-9,12-17,20,25H,5-6,10-11H2,1-3H3,(H,28,30)/t25-/m0/s1. The van der Waals surface area contributed by atoms with E-state index in [4.69, 9.17) is 13.9 Å². The summed E-state index contributed by atoms with van der Waals surface area (Å²) in [5.74, 6) is 0.528. The Labute approximate surface area is 199 Å². The minimum absolute atomic E-state index is 0.0904. The molecule has 0 aliphatic heterocycles. The first kappa shape index (κ1) is 23.4. The van der Waals surface area contributed by atoms with E-state index in [1.165, 1.54) is 11.2 Å². The van der Waals surface area contributed by atoms with Crippen LogP contribution in [-0.2, 0) is 4.79 Å². The fraction of sp³-hybridized carbons (Fsp3) is 0.333. The smallest absolute Gasteiger partial charge is 0.294 e. The zero-order valence-corrected chi connectivity index (χ0v) is 19.7. The second-order valence-electron chi connectivity index (χ2n) is 8.45. The van der Waals surface area contributed by atoms with E-state index in [-0.39, 0.29) is 17.7 Å². The van der Waals surface area contributed by atoms with Crippen LogP contribution >= 0.6 is 0 Å². The van der Waals surface area contributed by atoms with E-state index < -0.39 is 11.9 Å². The summed E-state index contributed by atoms with van der Waals surface area (Å²) in [6, 6.07) is 15.2. The number of aryl methyl sites for hydroxylation is 1. The highest BCUT2D eigenvalue weighted by Crippen LogP contribution is 2.36. The Hall–Kier alpha value is -3.74. The van der Waals surface area contributed by atoms with Gasteiger partial charge in [-0.1, -0.05) is 37.1 Å². The van der Waals surface area contributed by atoms with Gasteiger partial charge >= 0.3 is 0 Å². The van der Waals surface area contributed by atoms with Crippen LogP contribution in [0.4, 0.5) is 5.69 Å². The topological polar surface area (TPSA) is 81.0 Å². The van der Waals surface area contributed by atoms with Gasteiger partial charge in [0, 0.05) is 11.7 Å². The van der Waals surface area contributed by atoms with Gasteiger partial charge in [0.05, 0.1) is 20.5 Å². The van der Waals surface area contributed by atoms with Gasteiger partial charge in [-0.3, -0.25) is 14.5 Å². The molecule has 1 aliphatic rings. The Morgan fingerprint density at radius 3 is 2.38 bits per heavy atom. The molecule has 4 rings (SSSR count). The quantitative estimate of drug-likeness (QED) is 0.507. The first-order valence-corrected chi connectivity index (χ1v) is 11.5. The number of carbonyl (C=O) groups is 2. The van der Waals surface area contributed by atoms with Gasteiger partial charge in [0.25, 0.3) is 5.91 Å². The third-order valence-electron chi connectivity index (χ3n) is 6.26. The Morgan fingerprint density at radius 1 is 1.00 bits per heavy atom. The van der Waals surface area contributed by atoms with Crippen LogP contribution in [-0.4, -0.2) is 32.1 Å². The van der Waals surface area contributed by atoms with Crippen molar-refractivity contribution in [3.8, 4) is 11.5 Å². The molecule has 3 aromatic rings. The van der Waals surface area contributed by atoms with Crippen LogP contribution in [0.3, 0.4) is 0 Å². The van der Waals surface area contributed by atoms with Crippen molar-refractivity contribution in [3.05, 3.63) is 77.7 Å². The summed E-state index contributed by atoms with van der Waals surface area (Å²) >= 11 is 0. The number of carbonyl (C=O) groups excluding carboxylic acids is 2. The molecule has 1 saturated carbocycles. The second kappa shape index (κ2) is 10.5. The molecule has 0 unspecified atom stereocenters. The van der Waals surface area contributed by atoms with Crippen molar-refractivity contribution in [2.75, 3.05) is 19.1 Å². The van der Waals surface area contributed by atoms with Crippen LogP contribution in [0, 0.1) is 6.92 Å². The number of amides is 2. The third kappa shape index (κ3) is 4.78. The van der Waals surface area contributed by atoms with E-state index in [0.29, 0.717) is 22.7 Å². The second-order valence-corrected chi connectivity index (χ2v) is 8.45.